The highest BCUT2D eigenvalue weighted by molar-refractivity contribution is 7.89. The molecular weight excluding hydrogens is 291 g/mol. The van der Waals surface area contributed by atoms with E-state index in [0.717, 1.165) is 0 Å². The van der Waals surface area contributed by atoms with Crippen LogP contribution in [0, 0.1) is 11.7 Å². The molecule has 0 spiro atoms. The molecule has 4 nitrogen and oxygen atoms in total. The van der Waals surface area contributed by atoms with Crippen molar-refractivity contribution in [2.75, 3.05) is 6.54 Å². The Morgan fingerprint density at radius 3 is 2.43 bits per heavy atom. The van der Waals surface area contributed by atoms with E-state index in [1.807, 2.05) is 27.7 Å². The first-order chi connectivity index (χ1) is 9.81. The van der Waals surface area contributed by atoms with Crippen molar-refractivity contribution >= 4 is 10.0 Å². The highest BCUT2D eigenvalue weighted by Gasteiger charge is 2.22. The predicted molar refractivity (Wildman–Crippen MR) is 83.0 cm³/mol. The largest absolute Gasteiger partial charge is 0.313 e. The molecule has 1 atom stereocenters. The van der Waals surface area contributed by atoms with Gasteiger partial charge in [0, 0.05) is 18.2 Å². The molecule has 0 aliphatic rings. The third-order valence-corrected chi connectivity index (χ3v) is 4.93. The number of sulfonamides is 1. The van der Waals surface area contributed by atoms with Gasteiger partial charge in [-0.15, -0.1) is 0 Å². The summed E-state index contributed by atoms with van der Waals surface area (Å²) in [5.41, 5.74) is 0.359. The van der Waals surface area contributed by atoms with Gasteiger partial charge in [-0.1, -0.05) is 27.7 Å². The summed E-state index contributed by atoms with van der Waals surface area (Å²) in [4.78, 5) is 0.107. The number of hydrogen-bond donors (Lipinski definition) is 2. The lowest BCUT2D eigenvalue weighted by Gasteiger charge is -2.20. The molecule has 0 radical (unpaired) electrons. The summed E-state index contributed by atoms with van der Waals surface area (Å²) in [5.74, 6) is -0.197. The van der Waals surface area contributed by atoms with Gasteiger partial charge in [0.05, 0.1) is 4.90 Å². The Hall–Kier alpha value is -0.980. The summed E-state index contributed by atoms with van der Waals surface area (Å²) in [6.45, 7) is 8.80. The standard InChI is InChI=1S/C15H25FN2O2S/c1-5-15(11(3)4)18-21(19,20)13-7-8-14(16)12(9-13)10-17-6-2/h7-9,11,15,17-18H,5-6,10H2,1-4H3. The minimum atomic E-state index is -3.63. The fourth-order valence-corrected chi connectivity index (χ4v) is 3.59. The number of halogens is 1. The normalized spacial score (nSPS) is 13.6. The summed E-state index contributed by atoms with van der Waals surface area (Å²) < 4.78 is 41.2. The average Bonchev–Trinajstić information content (AvgIpc) is 2.43. The van der Waals surface area contributed by atoms with E-state index < -0.39 is 15.8 Å². The first-order valence-corrected chi connectivity index (χ1v) is 8.81. The van der Waals surface area contributed by atoms with E-state index in [0.29, 0.717) is 25.1 Å². The van der Waals surface area contributed by atoms with Crippen LogP contribution < -0.4 is 10.0 Å². The Kier molecular flexibility index (Phi) is 6.77. The Bertz CT molecular complexity index is 559. The van der Waals surface area contributed by atoms with Gasteiger partial charge >= 0.3 is 0 Å². The zero-order chi connectivity index (χ0) is 16.0. The minimum absolute atomic E-state index is 0.107. The van der Waals surface area contributed by atoms with Crippen LogP contribution >= 0.6 is 0 Å². The topological polar surface area (TPSA) is 58.2 Å². The maximum absolute atomic E-state index is 13.7. The molecule has 0 fully saturated rings. The maximum Gasteiger partial charge on any atom is 0.240 e. The van der Waals surface area contributed by atoms with E-state index in [4.69, 9.17) is 0 Å². The van der Waals surface area contributed by atoms with Gasteiger partial charge in [0.2, 0.25) is 10.0 Å². The summed E-state index contributed by atoms with van der Waals surface area (Å²) in [6, 6.07) is 3.78. The van der Waals surface area contributed by atoms with Crippen LogP contribution in [0.1, 0.15) is 39.7 Å². The van der Waals surface area contributed by atoms with Crippen molar-refractivity contribution in [2.45, 2.75) is 51.6 Å². The van der Waals surface area contributed by atoms with Gasteiger partial charge < -0.3 is 5.32 Å². The fraction of sp³-hybridized carbons (Fsp3) is 0.600. The van der Waals surface area contributed by atoms with E-state index in [1.54, 1.807) is 0 Å². The van der Waals surface area contributed by atoms with E-state index >= 15 is 0 Å². The molecule has 0 saturated heterocycles. The smallest absolute Gasteiger partial charge is 0.240 e. The van der Waals surface area contributed by atoms with Crippen LogP contribution in [0.5, 0.6) is 0 Å². The molecule has 6 heteroatoms. The van der Waals surface area contributed by atoms with Gasteiger partial charge in [-0.25, -0.2) is 17.5 Å². The van der Waals surface area contributed by atoms with Crippen LogP contribution in [0.4, 0.5) is 4.39 Å². The van der Waals surface area contributed by atoms with Crippen LogP contribution in [0.3, 0.4) is 0 Å². The van der Waals surface area contributed by atoms with Gasteiger partial charge in [-0.3, -0.25) is 0 Å². The molecule has 1 unspecified atom stereocenters. The molecule has 2 N–H and O–H groups in total. The molecular formula is C15H25FN2O2S. The number of nitrogens with one attached hydrogen (secondary N) is 2. The molecule has 0 heterocycles. The maximum atomic E-state index is 13.7. The zero-order valence-electron chi connectivity index (χ0n) is 13.1. The number of benzene rings is 1. The third-order valence-electron chi connectivity index (χ3n) is 3.44. The Balaban J connectivity index is 3.02. The Morgan fingerprint density at radius 2 is 1.90 bits per heavy atom. The van der Waals surface area contributed by atoms with Crippen molar-refractivity contribution in [3.8, 4) is 0 Å². The van der Waals surface area contributed by atoms with Crippen molar-refractivity contribution < 1.29 is 12.8 Å². The van der Waals surface area contributed by atoms with Crippen molar-refractivity contribution in [3.63, 3.8) is 0 Å². The molecule has 1 aromatic carbocycles. The molecule has 0 aliphatic carbocycles. The quantitative estimate of drug-likeness (QED) is 0.775. The first kappa shape index (κ1) is 18.1. The predicted octanol–water partition coefficient (Wildman–Crippen LogP) is 2.65. The van der Waals surface area contributed by atoms with E-state index in [9.17, 15) is 12.8 Å². The van der Waals surface area contributed by atoms with E-state index in [1.165, 1.54) is 18.2 Å². The van der Waals surface area contributed by atoms with Gasteiger partial charge in [0.25, 0.3) is 0 Å². The highest BCUT2D eigenvalue weighted by Crippen LogP contribution is 2.17. The lowest BCUT2D eigenvalue weighted by molar-refractivity contribution is 0.437. The summed E-state index contributed by atoms with van der Waals surface area (Å²) in [6.07, 6.45) is 0.711. The summed E-state index contributed by atoms with van der Waals surface area (Å²) in [7, 11) is -3.63. The third kappa shape index (κ3) is 5.05. The zero-order valence-corrected chi connectivity index (χ0v) is 13.9. The summed E-state index contributed by atoms with van der Waals surface area (Å²) in [5, 5.41) is 3.00. The molecule has 0 amide bonds. The second-order valence-electron chi connectivity index (χ2n) is 5.41. The van der Waals surface area contributed by atoms with E-state index in [2.05, 4.69) is 10.0 Å². The highest BCUT2D eigenvalue weighted by atomic mass is 32.2. The van der Waals surface area contributed by atoms with Crippen molar-refractivity contribution in [1.29, 1.82) is 0 Å². The van der Waals surface area contributed by atoms with Gasteiger partial charge in [0.1, 0.15) is 5.82 Å². The van der Waals surface area contributed by atoms with Crippen molar-refractivity contribution in [1.82, 2.24) is 10.0 Å². The monoisotopic (exact) mass is 316 g/mol. The lowest BCUT2D eigenvalue weighted by atomic mass is 10.0. The second-order valence-corrected chi connectivity index (χ2v) is 7.13. The number of rotatable bonds is 8. The lowest BCUT2D eigenvalue weighted by Crippen LogP contribution is -2.38. The van der Waals surface area contributed by atoms with Crippen LogP contribution in [0.25, 0.3) is 0 Å². The molecule has 21 heavy (non-hydrogen) atoms. The van der Waals surface area contributed by atoms with Crippen LogP contribution in [0.2, 0.25) is 0 Å². The Morgan fingerprint density at radius 1 is 1.24 bits per heavy atom. The van der Waals surface area contributed by atoms with Gasteiger partial charge in [-0.2, -0.15) is 0 Å². The SMILES string of the molecule is CCNCc1cc(S(=O)(=O)NC(CC)C(C)C)ccc1F. The molecule has 0 aromatic heterocycles. The fourth-order valence-electron chi connectivity index (χ4n) is 2.07. The molecule has 0 aliphatic heterocycles. The first-order valence-electron chi connectivity index (χ1n) is 7.33. The van der Waals surface area contributed by atoms with Crippen molar-refractivity contribution in [2.24, 2.45) is 5.92 Å². The molecule has 1 rings (SSSR count). The second kappa shape index (κ2) is 7.87. The molecule has 120 valence electrons. The summed E-state index contributed by atoms with van der Waals surface area (Å²) >= 11 is 0. The minimum Gasteiger partial charge on any atom is -0.313 e. The van der Waals surface area contributed by atoms with Gasteiger partial charge in [-0.05, 0) is 37.1 Å². The van der Waals surface area contributed by atoms with Crippen LogP contribution in [0.15, 0.2) is 23.1 Å². The van der Waals surface area contributed by atoms with Crippen LogP contribution in [-0.4, -0.2) is 21.0 Å². The van der Waals surface area contributed by atoms with Crippen LogP contribution in [-0.2, 0) is 16.6 Å². The van der Waals surface area contributed by atoms with Gasteiger partial charge in [0.15, 0.2) is 0 Å². The molecule has 1 aromatic rings. The molecule has 0 bridgehead atoms. The Labute approximate surface area is 127 Å². The number of hydrogen-bond acceptors (Lipinski definition) is 3. The average molecular weight is 316 g/mol. The van der Waals surface area contributed by atoms with E-state index in [-0.39, 0.29) is 16.9 Å². The van der Waals surface area contributed by atoms with Crippen molar-refractivity contribution in [3.05, 3.63) is 29.6 Å². The molecule has 0 saturated carbocycles.